The third-order valence-electron chi connectivity index (χ3n) is 5.57. The molecule has 1 N–H and O–H groups in total. The fraction of sp³-hybridized carbons (Fsp3) is 0.192. The average molecular weight is 447 g/mol. The summed E-state index contributed by atoms with van der Waals surface area (Å²) in [7, 11) is -3.78. The van der Waals surface area contributed by atoms with Gasteiger partial charge >= 0.3 is 0 Å². The van der Waals surface area contributed by atoms with Crippen LogP contribution in [0.5, 0.6) is 0 Å². The van der Waals surface area contributed by atoms with Crippen LogP contribution in [-0.4, -0.2) is 24.3 Å². The molecule has 0 aliphatic rings. The molecule has 4 aromatic rings. The largest absolute Gasteiger partial charge is 0.322 e. The van der Waals surface area contributed by atoms with Gasteiger partial charge in [-0.15, -0.1) is 0 Å². The highest BCUT2D eigenvalue weighted by Crippen LogP contribution is 2.21. The highest BCUT2D eigenvalue weighted by Gasteiger charge is 2.25. The van der Waals surface area contributed by atoms with E-state index >= 15 is 0 Å². The van der Waals surface area contributed by atoms with Gasteiger partial charge < -0.3 is 4.98 Å². The predicted molar refractivity (Wildman–Crippen MR) is 128 cm³/mol. The predicted octanol–water partition coefficient (Wildman–Crippen LogP) is 4.58. The minimum absolute atomic E-state index is 0.00224. The van der Waals surface area contributed by atoms with Gasteiger partial charge in [0.15, 0.2) is 0 Å². The van der Waals surface area contributed by atoms with E-state index in [2.05, 4.69) is 4.98 Å². The maximum Gasteiger partial charge on any atom is 0.252 e. The second kappa shape index (κ2) is 9.10. The number of H-pyrrole nitrogens is 1. The number of aryl methyl sites for hydroxylation is 2. The first-order valence-corrected chi connectivity index (χ1v) is 12.0. The molecule has 0 unspecified atom stereocenters. The number of benzene rings is 3. The molecule has 6 heteroatoms. The molecule has 0 bridgehead atoms. The molecule has 0 amide bonds. The Morgan fingerprint density at radius 1 is 0.844 bits per heavy atom. The molecule has 164 valence electrons. The minimum atomic E-state index is -3.78. The molecule has 5 nitrogen and oxygen atoms in total. The molecule has 1 aromatic heterocycles. The number of nitrogens with one attached hydrogen (secondary N) is 1. The zero-order valence-electron chi connectivity index (χ0n) is 18.2. The summed E-state index contributed by atoms with van der Waals surface area (Å²) in [6.45, 7) is 4.17. The van der Waals surface area contributed by atoms with Crippen LogP contribution in [0.15, 0.2) is 88.6 Å². The lowest BCUT2D eigenvalue weighted by molar-refractivity contribution is 0.408. The van der Waals surface area contributed by atoms with E-state index < -0.39 is 10.0 Å². The first kappa shape index (κ1) is 22.0. The highest BCUT2D eigenvalue weighted by molar-refractivity contribution is 7.89. The van der Waals surface area contributed by atoms with E-state index in [1.54, 1.807) is 30.3 Å². The van der Waals surface area contributed by atoms with Crippen LogP contribution in [0.1, 0.15) is 22.3 Å². The Bertz CT molecular complexity index is 1390. The van der Waals surface area contributed by atoms with Gasteiger partial charge in [-0.1, -0.05) is 59.7 Å². The van der Waals surface area contributed by atoms with E-state index in [4.69, 9.17) is 0 Å². The molecule has 0 saturated carbocycles. The number of aromatic amines is 1. The van der Waals surface area contributed by atoms with Crippen molar-refractivity contribution in [1.82, 2.24) is 9.29 Å². The van der Waals surface area contributed by atoms with E-state index in [0.717, 1.165) is 27.6 Å². The summed E-state index contributed by atoms with van der Waals surface area (Å²) in [5, 5.41) is 0.885. The zero-order valence-corrected chi connectivity index (χ0v) is 19.0. The SMILES string of the molecule is Cc1ccc(S(=O)(=O)N(CCc2ccccc2)Cc2cc3cc(C)ccc3[nH]c2=O)cc1. The van der Waals surface area contributed by atoms with Crippen molar-refractivity contribution in [2.24, 2.45) is 0 Å². The van der Waals surface area contributed by atoms with Gasteiger partial charge in [0, 0.05) is 24.2 Å². The van der Waals surface area contributed by atoms with E-state index in [0.29, 0.717) is 12.0 Å². The van der Waals surface area contributed by atoms with Crippen LogP contribution in [0.4, 0.5) is 0 Å². The Kier molecular flexibility index (Phi) is 6.26. The number of hydrogen-bond donors (Lipinski definition) is 1. The van der Waals surface area contributed by atoms with Crippen molar-refractivity contribution >= 4 is 20.9 Å². The van der Waals surface area contributed by atoms with E-state index in [9.17, 15) is 13.2 Å². The molecule has 0 saturated heterocycles. The standard InChI is InChI=1S/C26H26N2O3S/c1-19-8-11-24(12-9-19)32(30,31)28(15-14-21-6-4-3-5-7-21)18-23-17-22-16-20(2)10-13-25(22)27-26(23)29/h3-13,16-17H,14-15,18H2,1-2H3,(H,27,29). The second-order valence-electron chi connectivity index (χ2n) is 8.10. The third kappa shape index (κ3) is 4.82. The van der Waals surface area contributed by atoms with Gasteiger partial charge in [0.25, 0.3) is 5.56 Å². The van der Waals surface area contributed by atoms with Crippen molar-refractivity contribution in [3.63, 3.8) is 0 Å². The Balaban J connectivity index is 1.71. The fourth-order valence-corrected chi connectivity index (χ4v) is 5.14. The van der Waals surface area contributed by atoms with E-state index in [-0.39, 0.29) is 23.5 Å². The molecule has 0 fully saturated rings. The Hall–Kier alpha value is -3.22. The Morgan fingerprint density at radius 2 is 1.53 bits per heavy atom. The molecule has 0 aliphatic carbocycles. The first-order chi connectivity index (χ1) is 15.3. The summed E-state index contributed by atoms with van der Waals surface area (Å²) in [4.78, 5) is 15.9. The van der Waals surface area contributed by atoms with Crippen LogP contribution in [-0.2, 0) is 23.0 Å². The van der Waals surface area contributed by atoms with Crippen LogP contribution in [0, 0.1) is 13.8 Å². The summed E-state index contributed by atoms with van der Waals surface area (Å²) in [6, 6.07) is 24.1. The lowest BCUT2D eigenvalue weighted by Crippen LogP contribution is -2.34. The summed E-state index contributed by atoms with van der Waals surface area (Å²) in [5.74, 6) is 0. The summed E-state index contributed by atoms with van der Waals surface area (Å²) in [5.41, 5.74) is 3.99. The highest BCUT2D eigenvalue weighted by atomic mass is 32.2. The Morgan fingerprint density at radius 3 is 2.25 bits per heavy atom. The smallest absolute Gasteiger partial charge is 0.252 e. The van der Waals surface area contributed by atoms with Gasteiger partial charge in [-0.2, -0.15) is 4.31 Å². The number of rotatable bonds is 7. The maximum atomic E-state index is 13.5. The molecule has 0 spiro atoms. The maximum absolute atomic E-state index is 13.5. The van der Waals surface area contributed by atoms with Crippen LogP contribution in [0.2, 0.25) is 0 Å². The van der Waals surface area contributed by atoms with Gasteiger partial charge in [-0.25, -0.2) is 8.42 Å². The van der Waals surface area contributed by atoms with Gasteiger partial charge in [-0.05, 0) is 61.5 Å². The van der Waals surface area contributed by atoms with Crippen LogP contribution < -0.4 is 5.56 Å². The second-order valence-corrected chi connectivity index (χ2v) is 10.0. The van der Waals surface area contributed by atoms with Crippen molar-refractivity contribution in [2.75, 3.05) is 6.54 Å². The molecule has 3 aromatic carbocycles. The summed E-state index contributed by atoms with van der Waals surface area (Å²) >= 11 is 0. The van der Waals surface area contributed by atoms with Crippen molar-refractivity contribution in [1.29, 1.82) is 0 Å². The normalized spacial score (nSPS) is 11.8. The molecular formula is C26H26N2O3S. The number of hydrogen-bond acceptors (Lipinski definition) is 3. The van der Waals surface area contributed by atoms with Crippen molar-refractivity contribution in [3.8, 4) is 0 Å². The molecule has 32 heavy (non-hydrogen) atoms. The number of sulfonamides is 1. The van der Waals surface area contributed by atoms with Gasteiger partial charge in [0.05, 0.1) is 4.90 Å². The Labute approximate surface area is 188 Å². The van der Waals surface area contributed by atoms with Crippen molar-refractivity contribution < 1.29 is 8.42 Å². The third-order valence-corrected chi connectivity index (χ3v) is 7.43. The fourth-order valence-electron chi connectivity index (χ4n) is 3.72. The molecule has 1 heterocycles. The number of pyridine rings is 1. The van der Waals surface area contributed by atoms with Gasteiger partial charge in [0.2, 0.25) is 10.0 Å². The lowest BCUT2D eigenvalue weighted by atomic mass is 10.1. The lowest BCUT2D eigenvalue weighted by Gasteiger charge is -2.22. The molecule has 0 radical (unpaired) electrons. The molecular weight excluding hydrogens is 420 g/mol. The van der Waals surface area contributed by atoms with E-state index in [1.165, 1.54) is 4.31 Å². The van der Waals surface area contributed by atoms with Gasteiger partial charge in [0.1, 0.15) is 0 Å². The monoisotopic (exact) mass is 446 g/mol. The van der Waals surface area contributed by atoms with Crippen LogP contribution in [0.25, 0.3) is 10.9 Å². The number of nitrogens with zero attached hydrogens (tertiary/aromatic N) is 1. The van der Waals surface area contributed by atoms with Crippen LogP contribution in [0.3, 0.4) is 0 Å². The summed E-state index contributed by atoms with van der Waals surface area (Å²) in [6.07, 6.45) is 0.552. The number of aromatic nitrogens is 1. The topological polar surface area (TPSA) is 70.2 Å². The van der Waals surface area contributed by atoms with Crippen molar-refractivity contribution in [3.05, 3.63) is 111 Å². The zero-order chi connectivity index (χ0) is 22.7. The first-order valence-electron chi connectivity index (χ1n) is 10.6. The quantitative estimate of drug-likeness (QED) is 0.452. The molecule has 0 atom stereocenters. The molecule has 4 rings (SSSR count). The van der Waals surface area contributed by atoms with Crippen molar-refractivity contribution in [2.45, 2.75) is 31.7 Å². The van der Waals surface area contributed by atoms with Gasteiger partial charge in [-0.3, -0.25) is 4.79 Å². The van der Waals surface area contributed by atoms with Crippen LogP contribution >= 0.6 is 0 Å². The average Bonchev–Trinajstić information content (AvgIpc) is 2.78. The number of fused-ring (bicyclic) bond motifs is 1. The summed E-state index contributed by atoms with van der Waals surface area (Å²) < 4.78 is 28.4. The van der Waals surface area contributed by atoms with E-state index in [1.807, 2.05) is 62.4 Å². The molecule has 0 aliphatic heterocycles. The minimum Gasteiger partial charge on any atom is -0.322 e.